The number of aryl methyl sites for hydroxylation is 1. The molecule has 0 saturated heterocycles. The van der Waals surface area contributed by atoms with E-state index in [0.717, 1.165) is 15.4 Å². The molecule has 0 radical (unpaired) electrons. The predicted octanol–water partition coefficient (Wildman–Crippen LogP) is 4.15. The highest BCUT2D eigenvalue weighted by Gasteiger charge is 2.33. The van der Waals surface area contributed by atoms with Gasteiger partial charge in [0.05, 0.1) is 24.8 Å². The molecule has 0 aliphatic rings. The van der Waals surface area contributed by atoms with E-state index < -0.39 is 28.5 Å². The van der Waals surface area contributed by atoms with Crippen LogP contribution in [0, 0.1) is 6.92 Å². The van der Waals surface area contributed by atoms with Gasteiger partial charge >= 0.3 is 0 Å². The zero-order valence-corrected chi connectivity index (χ0v) is 24.6. The zero-order valence-electron chi connectivity index (χ0n) is 23.7. The van der Waals surface area contributed by atoms with Crippen molar-refractivity contribution in [1.82, 2.24) is 10.2 Å². The Hall–Kier alpha value is -4.05. The average Bonchev–Trinajstić information content (AvgIpc) is 2.94. The molecule has 0 aromatic heterocycles. The van der Waals surface area contributed by atoms with Crippen molar-refractivity contribution in [2.75, 3.05) is 25.1 Å². The number of methoxy groups -OCH3 is 2. The first-order valence-corrected chi connectivity index (χ1v) is 14.4. The van der Waals surface area contributed by atoms with Gasteiger partial charge < -0.3 is 19.7 Å². The summed E-state index contributed by atoms with van der Waals surface area (Å²) in [7, 11) is -1.36. The van der Waals surface area contributed by atoms with Crippen LogP contribution in [0.3, 0.4) is 0 Å². The summed E-state index contributed by atoms with van der Waals surface area (Å²) in [5.41, 5.74) is 2.18. The monoisotopic (exact) mass is 567 g/mol. The smallest absolute Gasteiger partial charge is 0.264 e. The highest BCUT2D eigenvalue weighted by molar-refractivity contribution is 7.92. The van der Waals surface area contributed by atoms with Crippen LogP contribution in [-0.4, -0.2) is 58.0 Å². The number of hydrogen-bond acceptors (Lipinski definition) is 6. The summed E-state index contributed by atoms with van der Waals surface area (Å²) in [4.78, 5) is 28.2. The Bertz CT molecular complexity index is 1410. The van der Waals surface area contributed by atoms with Crippen molar-refractivity contribution in [3.8, 4) is 11.5 Å². The summed E-state index contributed by atoms with van der Waals surface area (Å²) >= 11 is 0. The van der Waals surface area contributed by atoms with E-state index in [2.05, 4.69) is 5.32 Å². The van der Waals surface area contributed by atoms with Crippen LogP contribution in [0.5, 0.6) is 11.5 Å². The fourth-order valence-corrected chi connectivity index (χ4v) is 5.54. The van der Waals surface area contributed by atoms with Crippen molar-refractivity contribution in [3.63, 3.8) is 0 Å². The third-order valence-corrected chi connectivity index (χ3v) is 8.11. The van der Waals surface area contributed by atoms with E-state index in [-0.39, 0.29) is 29.1 Å². The first-order valence-electron chi connectivity index (χ1n) is 12.9. The van der Waals surface area contributed by atoms with Gasteiger partial charge in [0.1, 0.15) is 12.6 Å². The van der Waals surface area contributed by atoms with E-state index in [4.69, 9.17) is 9.47 Å². The fourth-order valence-electron chi connectivity index (χ4n) is 4.11. The number of ether oxygens (including phenoxy) is 2. The minimum absolute atomic E-state index is 0.0718. The Morgan fingerprint density at radius 3 is 2.08 bits per heavy atom. The van der Waals surface area contributed by atoms with Crippen LogP contribution in [-0.2, 0) is 26.2 Å². The number of anilines is 1. The van der Waals surface area contributed by atoms with E-state index in [1.807, 2.05) is 45.0 Å². The van der Waals surface area contributed by atoms with E-state index in [9.17, 15) is 18.0 Å². The predicted molar refractivity (Wildman–Crippen MR) is 155 cm³/mol. The summed E-state index contributed by atoms with van der Waals surface area (Å²) in [5, 5.41) is 2.85. The van der Waals surface area contributed by atoms with E-state index in [0.29, 0.717) is 11.4 Å². The van der Waals surface area contributed by atoms with Crippen LogP contribution in [0.2, 0.25) is 0 Å². The molecule has 9 nitrogen and oxygen atoms in total. The standard InChI is InChI=1S/C30H37N3O6S/c1-21(2)31-30(35)23(4)32(19-24-14-12-22(3)13-15-24)29(34)20-33(25-10-8-7-9-11-25)40(36,37)26-16-17-27(38-5)28(18-26)39-6/h7-18,21,23H,19-20H2,1-6H3,(H,31,35)/t23-/m1/s1. The number of hydrogen-bond donors (Lipinski definition) is 1. The van der Waals surface area contributed by atoms with Gasteiger partial charge in [-0.25, -0.2) is 8.42 Å². The number of amides is 2. The Balaban J connectivity index is 2.04. The highest BCUT2D eigenvalue weighted by atomic mass is 32.2. The highest BCUT2D eigenvalue weighted by Crippen LogP contribution is 2.32. The molecular formula is C30H37N3O6S. The van der Waals surface area contributed by atoms with Crippen molar-refractivity contribution in [1.29, 1.82) is 0 Å². The van der Waals surface area contributed by atoms with E-state index >= 15 is 0 Å². The lowest BCUT2D eigenvalue weighted by atomic mass is 10.1. The summed E-state index contributed by atoms with van der Waals surface area (Å²) in [5.74, 6) is -0.245. The van der Waals surface area contributed by atoms with Gasteiger partial charge in [0.2, 0.25) is 11.8 Å². The minimum Gasteiger partial charge on any atom is -0.493 e. The van der Waals surface area contributed by atoms with Crippen LogP contribution >= 0.6 is 0 Å². The molecule has 1 N–H and O–H groups in total. The van der Waals surface area contributed by atoms with E-state index in [1.165, 1.54) is 37.3 Å². The molecule has 1 atom stereocenters. The van der Waals surface area contributed by atoms with Crippen molar-refractivity contribution in [2.45, 2.75) is 51.2 Å². The molecule has 0 heterocycles. The normalized spacial score (nSPS) is 12.0. The van der Waals surface area contributed by atoms with Crippen molar-refractivity contribution >= 4 is 27.5 Å². The second-order valence-corrected chi connectivity index (χ2v) is 11.6. The molecule has 40 heavy (non-hydrogen) atoms. The van der Waals surface area contributed by atoms with Gasteiger partial charge in [-0.3, -0.25) is 13.9 Å². The maximum Gasteiger partial charge on any atom is 0.264 e. The van der Waals surface area contributed by atoms with Gasteiger partial charge in [-0.2, -0.15) is 0 Å². The molecular weight excluding hydrogens is 530 g/mol. The zero-order chi connectivity index (χ0) is 29.4. The molecule has 214 valence electrons. The molecule has 0 bridgehead atoms. The summed E-state index contributed by atoms with van der Waals surface area (Å²) in [6.07, 6.45) is 0. The average molecular weight is 568 g/mol. The molecule has 0 spiro atoms. The topological polar surface area (TPSA) is 105 Å². The van der Waals surface area contributed by atoms with Gasteiger partial charge in [-0.05, 0) is 57.5 Å². The number of carbonyl (C=O) groups excluding carboxylic acids is 2. The van der Waals surface area contributed by atoms with Crippen LogP contribution in [0.1, 0.15) is 31.9 Å². The molecule has 0 unspecified atom stereocenters. The van der Waals surface area contributed by atoms with Crippen LogP contribution < -0.4 is 19.1 Å². The molecule has 0 aliphatic heterocycles. The minimum atomic E-state index is -4.23. The fraction of sp³-hybridized carbons (Fsp3) is 0.333. The summed E-state index contributed by atoms with van der Waals surface area (Å²) in [6, 6.07) is 19.3. The third kappa shape index (κ3) is 7.32. The summed E-state index contributed by atoms with van der Waals surface area (Å²) in [6.45, 7) is 6.88. The van der Waals surface area contributed by atoms with Gasteiger partial charge in [0.25, 0.3) is 10.0 Å². The molecule has 0 saturated carbocycles. The second-order valence-electron chi connectivity index (χ2n) is 9.71. The quantitative estimate of drug-likeness (QED) is 0.353. The first kappa shape index (κ1) is 30.5. The maximum atomic E-state index is 14.0. The van der Waals surface area contributed by atoms with Crippen LogP contribution in [0.4, 0.5) is 5.69 Å². The van der Waals surface area contributed by atoms with Gasteiger partial charge in [-0.1, -0.05) is 48.0 Å². The molecule has 3 rings (SSSR count). The summed E-state index contributed by atoms with van der Waals surface area (Å²) < 4.78 is 39.6. The number of sulfonamides is 1. The number of nitrogens with one attached hydrogen (secondary N) is 1. The van der Waals surface area contributed by atoms with Crippen molar-refractivity contribution in [2.24, 2.45) is 0 Å². The lowest BCUT2D eigenvalue weighted by Crippen LogP contribution is -2.52. The largest absolute Gasteiger partial charge is 0.493 e. The number of carbonyl (C=O) groups is 2. The lowest BCUT2D eigenvalue weighted by Gasteiger charge is -2.32. The van der Waals surface area contributed by atoms with Crippen LogP contribution in [0.15, 0.2) is 77.7 Å². The van der Waals surface area contributed by atoms with Crippen molar-refractivity contribution in [3.05, 3.63) is 83.9 Å². The maximum absolute atomic E-state index is 14.0. The Morgan fingerprint density at radius 2 is 1.50 bits per heavy atom. The molecule has 0 fully saturated rings. The Morgan fingerprint density at radius 1 is 0.875 bits per heavy atom. The Kier molecular flexibility index (Phi) is 10.2. The lowest BCUT2D eigenvalue weighted by molar-refractivity contribution is -0.139. The number of para-hydroxylation sites is 1. The molecule has 2 amide bonds. The SMILES string of the molecule is COc1ccc(S(=O)(=O)N(CC(=O)N(Cc2ccc(C)cc2)[C@H](C)C(=O)NC(C)C)c2ccccc2)cc1OC. The number of benzene rings is 3. The molecule has 0 aliphatic carbocycles. The third-order valence-electron chi connectivity index (χ3n) is 6.34. The van der Waals surface area contributed by atoms with Crippen LogP contribution in [0.25, 0.3) is 0 Å². The van der Waals surface area contributed by atoms with Gasteiger partial charge in [0, 0.05) is 18.7 Å². The number of nitrogens with zero attached hydrogens (tertiary/aromatic N) is 2. The number of rotatable bonds is 12. The van der Waals surface area contributed by atoms with Gasteiger partial charge in [0.15, 0.2) is 11.5 Å². The van der Waals surface area contributed by atoms with E-state index in [1.54, 1.807) is 37.3 Å². The van der Waals surface area contributed by atoms with Crippen molar-refractivity contribution < 1.29 is 27.5 Å². The molecule has 3 aromatic carbocycles. The molecule has 10 heteroatoms. The second kappa shape index (κ2) is 13.3. The first-order chi connectivity index (χ1) is 19.0. The van der Waals surface area contributed by atoms with Gasteiger partial charge in [-0.15, -0.1) is 0 Å². The Labute approximate surface area is 236 Å². The molecule has 3 aromatic rings.